The highest BCUT2D eigenvalue weighted by Crippen LogP contribution is 2.26. The maximum absolute atomic E-state index is 13.2. The molecule has 3 rings (SSSR count). The van der Waals surface area contributed by atoms with Crippen LogP contribution >= 0.6 is 0 Å². The van der Waals surface area contributed by atoms with Crippen LogP contribution < -0.4 is 0 Å². The molecule has 0 N–H and O–H groups in total. The molecule has 0 bridgehead atoms. The molecule has 5 nitrogen and oxygen atoms in total. The van der Waals surface area contributed by atoms with Crippen molar-refractivity contribution < 1.29 is 17.5 Å². The number of halogens is 1. The molecule has 2 heterocycles. The van der Waals surface area contributed by atoms with E-state index in [2.05, 4.69) is 4.90 Å². The smallest absolute Gasteiger partial charge is 0.211 e. The average molecular weight is 342 g/mol. The third-order valence-corrected chi connectivity index (χ3v) is 6.05. The first-order chi connectivity index (χ1) is 10.8. The molecule has 7 heteroatoms. The number of hydrogen-bond acceptors (Lipinski definition) is 4. The van der Waals surface area contributed by atoms with Gasteiger partial charge in [0.15, 0.2) is 0 Å². The Balaban J connectivity index is 1.74. The van der Waals surface area contributed by atoms with E-state index in [9.17, 15) is 12.8 Å². The number of nitrogens with zero attached hydrogens (tertiary/aromatic N) is 2. The second kappa shape index (κ2) is 6.47. The lowest BCUT2D eigenvalue weighted by atomic mass is 9.99. The molecular weight excluding hydrogens is 319 g/mol. The Morgan fingerprint density at radius 1 is 1.35 bits per heavy atom. The lowest BCUT2D eigenvalue weighted by Gasteiger charge is -2.46. The zero-order valence-corrected chi connectivity index (χ0v) is 14.4. The molecule has 128 valence electrons. The van der Waals surface area contributed by atoms with Crippen LogP contribution in [0.4, 0.5) is 4.39 Å². The molecule has 0 aromatic heterocycles. The standard InChI is InChI=1S/C16H23FN2O3S/c1-12-9-14(17)4-3-13(12)10-18-6-5-16-15(11-18)19(7-8-22-16)23(2,20)21/h3-4,9,15-16H,5-8,10-11H2,1-2H3/t15-,16-/m0/s1. The third kappa shape index (κ3) is 3.74. The molecule has 0 amide bonds. The Morgan fingerprint density at radius 2 is 2.13 bits per heavy atom. The Kier molecular flexibility index (Phi) is 4.73. The van der Waals surface area contributed by atoms with Gasteiger partial charge in [-0.05, 0) is 36.6 Å². The van der Waals surface area contributed by atoms with Gasteiger partial charge in [0.1, 0.15) is 5.82 Å². The van der Waals surface area contributed by atoms with E-state index in [1.54, 1.807) is 4.31 Å². The lowest BCUT2D eigenvalue weighted by Crippen LogP contribution is -2.60. The van der Waals surface area contributed by atoms with Crippen LogP contribution in [0.5, 0.6) is 0 Å². The molecule has 2 aliphatic heterocycles. The van der Waals surface area contributed by atoms with Crippen LogP contribution in [0, 0.1) is 12.7 Å². The third-order valence-electron chi connectivity index (χ3n) is 4.74. The predicted molar refractivity (Wildman–Crippen MR) is 86.1 cm³/mol. The van der Waals surface area contributed by atoms with Gasteiger partial charge in [-0.3, -0.25) is 4.90 Å². The van der Waals surface area contributed by atoms with E-state index < -0.39 is 10.0 Å². The van der Waals surface area contributed by atoms with Crippen LogP contribution in [0.3, 0.4) is 0 Å². The van der Waals surface area contributed by atoms with E-state index in [1.807, 2.05) is 13.0 Å². The van der Waals surface area contributed by atoms with Gasteiger partial charge in [-0.1, -0.05) is 6.07 Å². The summed E-state index contributed by atoms with van der Waals surface area (Å²) in [7, 11) is -3.23. The number of morpholine rings is 1. The molecule has 0 aliphatic carbocycles. The summed E-state index contributed by atoms with van der Waals surface area (Å²) in [6.07, 6.45) is 2.05. The Morgan fingerprint density at radius 3 is 2.83 bits per heavy atom. The van der Waals surface area contributed by atoms with Crippen LogP contribution in [-0.2, 0) is 21.3 Å². The molecule has 2 aliphatic rings. The molecule has 23 heavy (non-hydrogen) atoms. The molecule has 2 saturated heterocycles. The van der Waals surface area contributed by atoms with E-state index >= 15 is 0 Å². The number of ether oxygens (including phenoxy) is 1. The fourth-order valence-corrected chi connectivity index (χ4v) is 4.64. The normalized spacial score (nSPS) is 26.9. The zero-order chi connectivity index (χ0) is 16.6. The Labute approximate surface area is 137 Å². The van der Waals surface area contributed by atoms with Gasteiger partial charge in [-0.2, -0.15) is 4.31 Å². The largest absolute Gasteiger partial charge is 0.375 e. The predicted octanol–water partition coefficient (Wildman–Crippen LogP) is 1.37. The molecular formula is C16H23FN2O3S. The summed E-state index contributed by atoms with van der Waals surface area (Å²) in [5, 5.41) is 0. The van der Waals surface area contributed by atoms with E-state index in [1.165, 1.54) is 18.4 Å². The average Bonchev–Trinajstić information content (AvgIpc) is 2.48. The molecule has 2 fully saturated rings. The number of likely N-dealkylation sites (tertiary alicyclic amines) is 1. The first-order valence-electron chi connectivity index (χ1n) is 7.90. The summed E-state index contributed by atoms with van der Waals surface area (Å²) in [4.78, 5) is 2.23. The van der Waals surface area contributed by atoms with Crippen LogP contribution in [0.1, 0.15) is 17.5 Å². The van der Waals surface area contributed by atoms with Gasteiger partial charge in [-0.15, -0.1) is 0 Å². The topological polar surface area (TPSA) is 49.9 Å². The number of piperidine rings is 1. The van der Waals surface area contributed by atoms with Crippen molar-refractivity contribution in [2.45, 2.75) is 32.0 Å². The first kappa shape index (κ1) is 16.8. The summed E-state index contributed by atoms with van der Waals surface area (Å²) < 4.78 is 44.6. The fourth-order valence-electron chi connectivity index (χ4n) is 3.54. The SMILES string of the molecule is Cc1cc(F)ccc1CN1CC[C@@H]2OCCN(S(C)(=O)=O)[C@H]2C1. The Hall–Kier alpha value is -1.02. The molecule has 1 aromatic carbocycles. The number of sulfonamides is 1. The maximum Gasteiger partial charge on any atom is 0.211 e. The minimum Gasteiger partial charge on any atom is -0.375 e. The van der Waals surface area contributed by atoms with Crippen molar-refractivity contribution in [3.05, 3.63) is 35.1 Å². The van der Waals surface area contributed by atoms with Gasteiger partial charge in [0.05, 0.1) is 25.0 Å². The quantitative estimate of drug-likeness (QED) is 0.832. The number of rotatable bonds is 3. The van der Waals surface area contributed by atoms with Gasteiger partial charge < -0.3 is 4.74 Å². The minimum absolute atomic E-state index is 0.0240. The number of fused-ring (bicyclic) bond motifs is 1. The first-order valence-corrected chi connectivity index (χ1v) is 9.75. The number of benzene rings is 1. The zero-order valence-electron chi connectivity index (χ0n) is 13.5. The summed E-state index contributed by atoms with van der Waals surface area (Å²) in [5.41, 5.74) is 2.00. The highest BCUT2D eigenvalue weighted by Gasteiger charge is 2.40. The fraction of sp³-hybridized carbons (Fsp3) is 0.625. The van der Waals surface area contributed by atoms with Gasteiger partial charge in [0.2, 0.25) is 10.0 Å². The molecule has 0 unspecified atom stereocenters. The molecule has 0 radical (unpaired) electrons. The maximum atomic E-state index is 13.2. The highest BCUT2D eigenvalue weighted by atomic mass is 32.2. The second-order valence-electron chi connectivity index (χ2n) is 6.44. The van der Waals surface area contributed by atoms with Crippen molar-refractivity contribution in [2.75, 3.05) is 32.5 Å². The second-order valence-corrected chi connectivity index (χ2v) is 8.38. The number of aryl methyl sites for hydroxylation is 1. The van der Waals surface area contributed by atoms with Crippen molar-refractivity contribution in [3.8, 4) is 0 Å². The van der Waals surface area contributed by atoms with Crippen molar-refractivity contribution >= 4 is 10.0 Å². The lowest BCUT2D eigenvalue weighted by molar-refractivity contribution is -0.0768. The van der Waals surface area contributed by atoms with E-state index in [4.69, 9.17) is 4.74 Å². The van der Waals surface area contributed by atoms with Gasteiger partial charge in [-0.25, -0.2) is 12.8 Å². The summed E-state index contributed by atoms with van der Waals surface area (Å²) >= 11 is 0. The number of hydrogen-bond donors (Lipinski definition) is 0. The van der Waals surface area contributed by atoms with Crippen LogP contribution in [0.15, 0.2) is 18.2 Å². The minimum atomic E-state index is -3.23. The molecule has 1 aromatic rings. The van der Waals surface area contributed by atoms with Gasteiger partial charge >= 0.3 is 0 Å². The summed E-state index contributed by atoms with van der Waals surface area (Å²) in [5.74, 6) is -0.228. The highest BCUT2D eigenvalue weighted by molar-refractivity contribution is 7.88. The van der Waals surface area contributed by atoms with E-state index in [0.717, 1.165) is 24.1 Å². The molecule has 2 atom stereocenters. The molecule has 0 saturated carbocycles. The van der Waals surface area contributed by atoms with Crippen LogP contribution in [0.25, 0.3) is 0 Å². The van der Waals surface area contributed by atoms with Gasteiger partial charge in [0, 0.05) is 26.2 Å². The van der Waals surface area contributed by atoms with Crippen molar-refractivity contribution in [1.82, 2.24) is 9.21 Å². The van der Waals surface area contributed by atoms with Crippen LogP contribution in [-0.4, -0.2) is 62.3 Å². The van der Waals surface area contributed by atoms with Crippen LogP contribution in [0.2, 0.25) is 0 Å². The van der Waals surface area contributed by atoms with E-state index in [0.29, 0.717) is 26.2 Å². The Bertz CT molecular complexity index is 680. The molecule has 0 spiro atoms. The summed E-state index contributed by atoms with van der Waals surface area (Å²) in [6.45, 7) is 4.99. The van der Waals surface area contributed by atoms with E-state index in [-0.39, 0.29) is 18.0 Å². The van der Waals surface area contributed by atoms with Crippen molar-refractivity contribution in [2.24, 2.45) is 0 Å². The monoisotopic (exact) mass is 342 g/mol. The summed E-state index contributed by atoms with van der Waals surface area (Å²) in [6, 6.07) is 4.69. The van der Waals surface area contributed by atoms with Crippen molar-refractivity contribution in [3.63, 3.8) is 0 Å². The van der Waals surface area contributed by atoms with Gasteiger partial charge in [0.25, 0.3) is 0 Å². The van der Waals surface area contributed by atoms with Crippen molar-refractivity contribution in [1.29, 1.82) is 0 Å².